The quantitative estimate of drug-likeness (QED) is 0.465. The van der Waals surface area contributed by atoms with Gasteiger partial charge >= 0.3 is 6.18 Å². The van der Waals surface area contributed by atoms with Crippen LogP contribution in [0.25, 0.3) is 11.3 Å². The maximum Gasteiger partial charge on any atom is 0.417 e. The molecule has 178 valence electrons. The summed E-state index contributed by atoms with van der Waals surface area (Å²) in [5.74, 6) is -0.00159. The molecule has 5 rings (SSSR count). The average molecular weight is 507 g/mol. The number of rotatable bonds is 3. The van der Waals surface area contributed by atoms with E-state index in [4.69, 9.17) is 11.6 Å². The smallest absolute Gasteiger partial charge is 0.336 e. The number of amides is 1. The van der Waals surface area contributed by atoms with Crippen LogP contribution in [0, 0.1) is 0 Å². The summed E-state index contributed by atoms with van der Waals surface area (Å²) in [7, 11) is 0. The molecule has 10 heteroatoms. The highest BCUT2D eigenvalue weighted by Crippen LogP contribution is 2.35. The first-order chi connectivity index (χ1) is 16.3. The Morgan fingerprint density at radius 1 is 1.09 bits per heavy atom. The highest BCUT2D eigenvalue weighted by Gasteiger charge is 2.36. The first-order valence-corrected chi connectivity index (χ1v) is 12.3. The van der Waals surface area contributed by atoms with Crippen LogP contribution in [0.2, 0.25) is 5.02 Å². The average Bonchev–Trinajstić information content (AvgIpc) is 3.37. The number of hydrogen-bond donors (Lipinski definition) is 0. The Kier molecular flexibility index (Phi) is 6.35. The third-order valence-corrected chi connectivity index (χ3v) is 7.64. The predicted molar refractivity (Wildman–Crippen MR) is 125 cm³/mol. The molecule has 2 aliphatic heterocycles. The Balaban J connectivity index is 1.25. The highest BCUT2D eigenvalue weighted by atomic mass is 35.5. The standard InChI is InChI=1S/C24H22ClF3N4OS/c25-22-18(21-8-11-34-30-21)2-1-3-19(22)23(33)32-10-9-31-13-15(4-6-17(31)14-32)20-7-5-16(12-29-20)24(26,27)28/h1-3,5,7-8,11-12,15,17H,4,6,9-10,13-14H2/t15-,17+/m0/s1. The van der Waals surface area contributed by atoms with Crippen LogP contribution in [0.1, 0.15) is 40.4 Å². The summed E-state index contributed by atoms with van der Waals surface area (Å²) in [6.07, 6.45) is -1.79. The van der Waals surface area contributed by atoms with Crippen molar-refractivity contribution >= 4 is 29.0 Å². The van der Waals surface area contributed by atoms with Gasteiger partial charge in [-0.2, -0.15) is 17.5 Å². The molecule has 0 unspecified atom stereocenters. The van der Waals surface area contributed by atoms with Crippen molar-refractivity contribution in [2.75, 3.05) is 26.2 Å². The minimum absolute atomic E-state index is 0.0880. The van der Waals surface area contributed by atoms with Gasteiger partial charge in [0.1, 0.15) is 0 Å². The molecule has 34 heavy (non-hydrogen) atoms. The molecule has 0 aliphatic carbocycles. The van der Waals surface area contributed by atoms with Crippen molar-refractivity contribution in [3.05, 3.63) is 69.8 Å². The molecule has 0 bridgehead atoms. The Hall–Kier alpha value is -2.49. The van der Waals surface area contributed by atoms with Gasteiger partial charge in [0.05, 0.1) is 21.8 Å². The van der Waals surface area contributed by atoms with Crippen molar-refractivity contribution in [3.63, 3.8) is 0 Å². The summed E-state index contributed by atoms with van der Waals surface area (Å²) in [6, 6.07) is 10.1. The van der Waals surface area contributed by atoms with Gasteiger partial charge in [0.25, 0.3) is 5.91 Å². The minimum atomic E-state index is -4.38. The fraction of sp³-hybridized carbons (Fsp3) is 0.375. The number of aromatic nitrogens is 2. The maximum atomic E-state index is 13.3. The van der Waals surface area contributed by atoms with E-state index in [0.717, 1.165) is 42.9 Å². The van der Waals surface area contributed by atoms with E-state index in [1.165, 1.54) is 17.6 Å². The molecule has 1 amide bonds. The Morgan fingerprint density at radius 3 is 2.65 bits per heavy atom. The van der Waals surface area contributed by atoms with Gasteiger partial charge in [0, 0.05) is 61.0 Å². The number of benzene rings is 1. The number of piperazine rings is 1. The first-order valence-electron chi connectivity index (χ1n) is 11.1. The molecular weight excluding hydrogens is 485 g/mol. The third-order valence-electron chi connectivity index (χ3n) is 6.67. The summed E-state index contributed by atoms with van der Waals surface area (Å²) in [5.41, 5.74) is 1.94. The molecule has 2 aromatic heterocycles. The van der Waals surface area contributed by atoms with E-state index in [-0.39, 0.29) is 17.9 Å². The zero-order valence-corrected chi connectivity index (χ0v) is 19.7. The van der Waals surface area contributed by atoms with Crippen molar-refractivity contribution in [2.45, 2.75) is 31.0 Å². The zero-order valence-electron chi connectivity index (χ0n) is 18.1. The molecule has 1 aromatic carbocycles. The predicted octanol–water partition coefficient (Wildman–Crippen LogP) is 5.58. The topological polar surface area (TPSA) is 49.3 Å². The minimum Gasteiger partial charge on any atom is -0.336 e. The van der Waals surface area contributed by atoms with Gasteiger partial charge in [-0.05, 0) is 48.6 Å². The molecule has 2 saturated heterocycles. The van der Waals surface area contributed by atoms with Gasteiger partial charge in [-0.25, -0.2) is 0 Å². The van der Waals surface area contributed by atoms with Crippen LogP contribution >= 0.6 is 23.1 Å². The van der Waals surface area contributed by atoms with Crippen LogP contribution < -0.4 is 0 Å². The lowest BCUT2D eigenvalue weighted by Crippen LogP contribution is -2.57. The third kappa shape index (κ3) is 4.56. The van der Waals surface area contributed by atoms with Gasteiger partial charge in [0.15, 0.2) is 0 Å². The normalized spacial score (nSPS) is 21.4. The largest absolute Gasteiger partial charge is 0.417 e. The molecule has 4 heterocycles. The summed E-state index contributed by atoms with van der Waals surface area (Å²) in [6.45, 7) is 2.60. The van der Waals surface area contributed by atoms with E-state index in [1.807, 2.05) is 28.5 Å². The second-order valence-electron chi connectivity index (χ2n) is 8.70. The number of fused-ring (bicyclic) bond motifs is 1. The fourth-order valence-corrected chi connectivity index (χ4v) is 5.66. The number of carbonyl (C=O) groups is 1. The van der Waals surface area contributed by atoms with Crippen LogP contribution in [-0.2, 0) is 6.18 Å². The number of piperidine rings is 1. The van der Waals surface area contributed by atoms with Crippen molar-refractivity contribution in [1.82, 2.24) is 19.2 Å². The highest BCUT2D eigenvalue weighted by molar-refractivity contribution is 7.03. The SMILES string of the molecule is O=C(c1cccc(-c2ccsn2)c1Cl)N1CCN2C[C@@H](c3ccc(C(F)(F)F)cn3)CC[C@@H]2C1. The number of nitrogens with zero attached hydrogens (tertiary/aromatic N) is 4. The van der Waals surface area contributed by atoms with Crippen molar-refractivity contribution in [1.29, 1.82) is 0 Å². The lowest BCUT2D eigenvalue weighted by atomic mass is 9.88. The molecule has 0 N–H and O–H groups in total. The Morgan fingerprint density at radius 2 is 1.94 bits per heavy atom. The van der Waals surface area contributed by atoms with Gasteiger partial charge in [-0.15, -0.1) is 0 Å². The summed E-state index contributed by atoms with van der Waals surface area (Å²) < 4.78 is 42.8. The van der Waals surface area contributed by atoms with E-state index in [0.29, 0.717) is 35.9 Å². The monoisotopic (exact) mass is 506 g/mol. The molecule has 2 atom stereocenters. The first kappa shape index (κ1) is 23.3. The lowest BCUT2D eigenvalue weighted by molar-refractivity contribution is -0.137. The lowest BCUT2D eigenvalue weighted by Gasteiger charge is -2.46. The van der Waals surface area contributed by atoms with E-state index in [2.05, 4.69) is 14.3 Å². The summed E-state index contributed by atoms with van der Waals surface area (Å²) >= 11 is 7.94. The van der Waals surface area contributed by atoms with Crippen molar-refractivity contribution in [3.8, 4) is 11.3 Å². The molecule has 5 nitrogen and oxygen atoms in total. The van der Waals surface area contributed by atoms with Crippen LogP contribution in [0.3, 0.4) is 0 Å². The number of halogens is 4. The molecule has 0 radical (unpaired) electrons. The number of carbonyl (C=O) groups excluding carboxylic acids is 1. The second kappa shape index (κ2) is 9.28. The van der Waals surface area contributed by atoms with Gasteiger partial charge in [-0.3, -0.25) is 14.7 Å². The van der Waals surface area contributed by atoms with Gasteiger partial charge in [0.2, 0.25) is 0 Å². The van der Waals surface area contributed by atoms with Crippen LogP contribution in [-0.4, -0.2) is 57.3 Å². The zero-order chi connectivity index (χ0) is 23.9. The molecular formula is C24H22ClF3N4OS. The van der Waals surface area contributed by atoms with E-state index in [9.17, 15) is 18.0 Å². The van der Waals surface area contributed by atoms with E-state index in [1.54, 1.807) is 6.07 Å². The second-order valence-corrected chi connectivity index (χ2v) is 9.74. The van der Waals surface area contributed by atoms with Gasteiger partial charge < -0.3 is 4.90 Å². The maximum absolute atomic E-state index is 13.3. The van der Waals surface area contributed by atoms with Crippen LogP contribution in [0.5, 0.6) is 0 Å². The van der Waals surface area contributed by atoms with Gasteiger partial charge in [-0.1, -0.05) is 23.7 Å². The van der Waals surface area contributed by atoms with Crippen molar-refractivity contribution in [2.24, 2.45) is 0 Å². The number of pyridine rings is 1. The van der Waals surface area contributed by atoms with Crippen LogP contribution in [0.15, 0.2) is 48.0 Å². The summed E-state index contributed by atoms with van der Waals surface area (Å²) in [4.78, 5) is 21.6. The van der Waals surface area contributed by atoms with E-state index < -0.39 is 11.7 Å². The van der Waals surface area contributed by atoms with E-state index >= 15 is 0 Å². The Labute approximate surface area is 204 Å². The fourth-order valence-electron chi connectivity index (χ4n) is 4.83. The number of hydrogen-bond acceptors (Lipinski definition) is 5. The number of alkyl halides is 3. The molecule has 0 spiro atoms. The molecule has 2 fully saturated rings. The molecule has 0 saturated carbocycles. The Bertz CT molecular complexity index is 1170. The summed E-state index contributed by atoms with van der Waals surface area (Å²) in [5, 5.41) is 2.29. The van der Waals surface area contributed by atoms with Crippen LogP contribution in [0.4, 0.5) is 13.2 Å². The molecule has 3 aromatic rings. The molecule has 2 aliphatic rings. The van der Waals surface area contributed by atoms with Crippen molar-refractivity contribution < 1.29 is 18.0 Å².